The van der Waals surface area contributed by atoms with Crippen molar-refractivity contribution in [2.45, 2.75) is 27.2 Å². The molecule has 1 rings (SSSR count). The van der Waals surface area contributed by atoms with Gasteiger partial charge in [0.2, 0.25) is 0 Å². The molecule has 0 aliphatic heterocycles. The summed E-state index contributed by atoms with van der Waals surface area (Å²) in [6.45, 7) is 5.99. The Balaban J connectivity index is 2.52. The molecule has 0 heterocycles. The molecule has 0 aromatic heterocycles. The Morgan fingerprint density at radius 3 is 2.32 bits per heavy atom. The average molecular weight is 264 g/mol. The lowest BCUT2D eigenvalue weighted by Gasteiger charge is -2.11. The van der Waals surface area contributed by atoms with Gasteiger partial charge in [0.15, 0.2) is 0 Å². The van der Waals surface area contributed by atoms with E-state index in [0.29, 0.717) is 18.8 Å². The number of carbonyl (C=O) groups is 2. The number of esters is 2. The summed E-state index contributed by atoms with van der Waals surface area (Å²) in [6.07, 6.45) is 0.802. The summed E-state index contributed by atoms with van der Waals surface area (Å²) in [5.41, 5.74) is 1.66. The van der Waals surface area contributed by atoms with Crippen LogP contribution in [-0.4, -0.2) is 25.2 Å². The zero-order valence-electron chi connectivity index (χ0n) is 11.6. The van der Waals surface area contributed by atoms with Gasteiger partial charge in [-0.2, -0.15) is 0 Å². The maximum Gasteiger partial charge on any atom is 0.338 e. The molecule has 0 N–H and O–H groups in total. The summed E-state index contributed by atoms with van der Waals surface area (Å²) in [7, 11) is 0. The van der Waals surface area contributed by atoms with Gasteiger partial charge >= 0.3 is 11.9 Å². The number of benzene rings is 1. The Bertz CT molecular complexity index is 422. The van der Waals surface area contributed by atoms with Gasteiger partial charge in [0.1, 0.15) is 0 Å². The third-order valence-corrected chi connectivity index (χ3v) is 2.62. The van der Waals surface area contributed by atoms with Crippen LogP contribution in [0.15, 0.2) is 24.3 Å². The van der Waals surface area contributed by atoms with Gasteiger partial charge in [-0.15, -0.1) is 0 Å². The molecule has 0 aliphatic carbocycles. The smallest absolute Gasteiger partial charge is 0.338 e. The first-order chi connectivity index (χ1) is 9.02. The first-order valence-corrected chi connectivity index (χ1v) is 6.42. The molecule has 0 fully saturated rings. The van der Waals surface area contributed by atoms with Crippen LogP contribution in [0.25, 0.3) is 0 Å². The Labute approximate surface area is 113 Å². The minimum absolute atomic E-state index is 0.248. The summed E-state index contributed by atoms with van der Waals surface area (Å²) in [6, 6.07) is 7.31. The van der Waals surface area contributed by atoms with Gasteiger partial charge in [0, 0.05) is 6.92 Å². The van der Waals surface area contributed by atoms with Crippen molar-refractivity contribution in [1.82, 2.24) is 0 Å². The standard InChI is InChI=1S/C15H20O4/c1-4-18-15(17)14-7-5-13(6-8-14)9-11(2)10-19-12(3)16/h5-8,11H,4,9-10H2,1-3H3/t11-/m1/s1. The second-order valence-corrected chi connectivity index (χ2v) is 4.53. The van der Waals surface area contributed by atoms with E-state index in [1.54, 1.807) is 19.1 Å². The molecule has 1 aromatic rings. The quantitative estimate of drug-likeness (QED) is 0.741. The van der Waals surface area contributed by atoms with Crippen LogP contribution in [0.4, 0.5) is 0 Å². The number of hydrogen-bond donors (Lipinski definition) is 0. The largest absolute Gasteiger partial charge is 0.466 e. The van der Waals surface area contributed by atoms with E-state index in [2.05, 4.69) is 0 Å². The average Bonchev–Trinajstić information content (AvgIpc) is 2.37. The predicted molar refractivity (Wildman–Crippen MR) is 71.9 cm³/mol. The molecule has 0 spiro atoms. The first kappa shape index (κ1) is 15.2. The highest BCUT2D eigenvalue weighted by molar-refractivity contribution is 5.89. The summed E-state index contributed by atoms with van der Waals surface area (Å²) in [5, 5.41) is 0. The lowest BCUT2D eigenvalue weighted by molar-refractivity contribution is -0.142. The van der Waals surface area contributed by atoms with Crippen LogP contribution in [0.5, 0.6) is 0 Å². The maximum atomic E-state index is 11.5. The topological polar surface area (TPSA) is 52.6 Å². The van der Waals surface area contributed by atoms with Crippen molar-refractivity contribution in [3.05, 3.63) is 35.4 Å². The number of hydrogen-bond acceptors (Lipinski definition) is 4. The Morgan fingerprint density at radius 2 is 1.79 bits per heavy atom. The van der Waals surface area contributed by atoms with E-state index >= 15 is 0 Å². The highest BCUT2D eigenvalue weighted by Crippen LogP contribution is 2.11. The molecule has 0 saturated carbocycles. The summed E-state index contributed by atoms with van der Waals surface area (Å²) in [5.74, 6) is -0.316. The van der Waals surface area contributed by atoms with Gasteiger partial charge in [-0.05, 0) is 37.0 Å². The molecule has 0 saturated heterocycles. The minimum Gasteiger partial charge on any atom is -0.466 e. The monoisotopic (exact) mass is 264 g/mol. The molecule has 0 aliphatic rings. The second-order valence-electron chi connectivity index (χ2n) is 4.53. The summed E-state index contributed by atoms with van der Waals surface area (Å²) in [4.78, 5) is 22.2. The molecule has 1 atom stereocenters. The molecule has 0 radical (unpaired) electrons. The van der Waals surface area contributed by atoms with Crippen LogP contribution in [0.1, 0.15) is 36.7 Å². The van der Waals surface area contributed by atoms with E-state index in [1.165, 1.54) is 6.92 Å². The van der Waals surface area contributed by atoms with Gasteiger partial charge in [0.25, 0.3) is 0 Å². The molecule has 0 unspecified atom stereocenters. The van der Waals surface area contributed by atoms with E-state index in [1.807, 2.05) is 19.1 Å². The molecule has 104 valence electrons. The van der Waals surface area contributed by atoms with Crippen LogP contribution < -0.4 is 0 Å². The highest BCUT2D eigenvalue weighted by atomic mass is 16.5. The number of ether oxygens (including phenoxy) is 2. The van der Waals surface area contributed by atoms with E-state index in [4.69, 9.17) is 9.47 Å². The molecule has 0 amide bonds. The highest BCUT2D eigenvalue weighted by Gasteiger charge is 2.08. The fraction of sp³-hybridized carbons (Fsp3) is 0.467. The van der Waals surface area contributed by atoms with E-state index in [-0.39, 0.29) is 17.9 Å². The van der Waals surface area contributed by atoms with Crippen LogP contribution in [0.2, 0.25) is 0 Å². The van der Waals surface area contributed by atoms with Crippen molar-refractivity contribution < 1.29 is 19.1 Å². The van der Waals surface area contributed by atoms with Crippen molar-refractivity contribution in [3.8, 4) is 0 Å². The predicted octanol–water partition coefficient (Wildman–Crippen LogP) is 2.61. The van der Waals surface area contributed by atoms with Gasteiger partial charge in [-0.25, -0.2) is 4.79 Å². The fourth-order valence-corrected chi connectivity index (χ4v) is 1.71. The van der Waals surface area contributed by atoms with E-state index in [9.17, 15) is 9.59 Å². The lowest BCUT2D eigenvalue weighted by Crippen LogP contribution is -2.11. The first-order valence-electron chi connectivity index (χ1n) is 6.42. The Kier molecular flexibility index (Phi) is 6.06. The van der Waals surface area contributed by atoms with Gasteiger partial charge in [0.05, 0.1) is 18.8 Å². The normalized spacial score (nSPS) is 11.7. The van der Waals surface area contributed by atoms with Crippen LogP contribution in [-0.2, 0) is 20.7 Å². The Morgan fingerprint density at radius 1 is 1.16 bits per heavy atom. The third kappa shape index (κ3) is 5.55. The molecule has 0 bridgehead atoms. The van der Waals surface area contributed by atoms with Crippen molar-refractivity contribution in [3.63, 3.8) is 0 Å². The Hall–Kier alpha value is -1.84. The molecular weight excluding hydrogens is 244 g/mol. The van der Waals surface area contributed by atoms with Crippen LogP contribution in [0, 0.1) is 5.92 Å². The third-order valence-electron chi connectivity index (χ3n) is 2.62. The van der Waals surface area contributed by atoms with Crippen molar-refractivity contribution in [2.24, 2.45) is 5.92 Å². The van der Waals surface area contributed by atoms with Crippen molar-refractivity contribution in [2.75, 3.05) is 13.2 Å². The second kappa shape index (κ2) is 7.56. The van der Waals surface area contributed by atoms with Crippen molar-refractivity contribution in [1.29, 1.82) is 0 Å². The minimum atomic E-state index is -0.304. The van der Waals surface area contributed by atoms with Gasteiger partial charge < -0.3 is 9.47 Å². The molecule has 4 nitrogen and oxygen atoms in total. The zero-order chi connectivity index (χ0) is 14.3. The van der Waals surface area contributed by atoms with Crippen LogP contribution in [0.3, 0.4) is 0 Å². The number of carbonyl (C=O) groups excluding carboxylic acids is 2. The zero-order valence-corrected chi connectivity index (χ0v) is 11.6. The lowest BCUT2D eigenvalue weighted by atomic mass is 10.0. The number of rotatable bonds is 6. The van der Waals surface area contributed by atoms with Gasteiger partial charge in [-0.1, -0.05) is 19.1 Å². The summed E-state index contributed by atoms with van der Waals surface area (Å²) < 4.78 is 9.87. The summed E-state index contributed by atoms with van der Waals surface area (Å²) >= 11 is 0. The van der Waals surface area contributed by atoms with E-state index in [0.717, 1.165) is 12.0 Å². The molecule has 4 heteroatoms. The maximum absolute atomic E-state index is 11.5. The molecule has 1 aromatic carbocycles. The van der Waals surface area contributed by atoms with Gasteiger partial charge in [-0.3, -0.25) is 4.79 Å². The fourth-order valence-electron chi connectivity index (χ4n) is 1.71. The SMILES string of the molecule is CCOC(=O)c1ccc(C[C@@H](C)COC(C)=O)cc1. The van der Waals surface area contributed by atoms with Crippen molar-refractivity contribution >= 4 is 11.9 Å². The van der Waals surface area contributed by atoms with Crippen LogP contribution >= 0.6 is 0 Å². The molecule has 19 heavy (non-hydrogen) atoms. The van der Waals surface area contributed by atoms with E-state index < -0.39 is 0 Å². The molecular formula is C15H20O4.